The van der Waals surface area contributed by atoms with E-state index in [1.54, 1.807) is 12.4 Å². The van der Waals surface area contributed by atoms with E-state index in [4.69, 9.17) is 9.26 Å². The van der Waals surface area contributed by atoms with Crippen molar-refractivity contribution in [2.75, 3.05) is 11.9 Å². The number of hydrogen-bond acceptors (Lipinski definition) is 7. The van der Waals surface area contributed by atoms with Crippen LogP contribution in [0, 0.1) is 0 Å². The molecule has 1 N–H and O–H groups in total. The molecule has 0 bridgehead atoms. The molecule has 0 radical (unpaired) electrons. The molecule has 1 aromatic carbocycles. The van der Waals surface area contributed by atoms with E-state index in [9.17, 15) is 4.79 Å². The van der Waals surface area contributed by atoms with Crippen molar-refractivity contribution < 1.29 is 14.1 Å². The van der Waals surface area contributed by atoms with Crippen molar-refractivity contribution in [3.63, 3.8) is 0 Å². The van der Waals surface area contributed by atoms with Gasteiger partial charge in [0.15, 0.2) is 0 Å². The number of rotatable bonds is 6. The number of carbonyl (C=O) groups is 1. The monoisotopic (exact) mass is 481 g/mol. The highest BCUT2D eigenvalue weighted by Crippen LogP contribution is 2.39. The molecule has 0 atom stereocenters. The van der Waals surface area contributed by atoms with Gasteiger partial charge in [-0.3, -0.25) is 4.98 Å². The minimum atomic E-state index is -1.95. The number of oxime groups is 1. The van der Waals surface area contributed by atoms with E-state index in [0.29, 0.717) is 11.5 Å². The van der Waals surface area contributed by atoms with Crippen LogP contribution in [0.1, 0.15) is 54.9 Å². The van der Waals surface area contributed by atoms with Gasteiger partial charge in [-0.05, 0) is 61.7 Å². The lowest BCUT2D eigenvalue weighted by atomic mass is 10.1. The van der Waals surface area contributed by atoms with Gasteiger partial charge in [0.1, 0.15) is 4.88 Å². The van der Waals surface area contributed by atoms with Crippen LogP contribution in [0.4, 0.5) is 11.4 Å². The fourth-order valence-corrected chi connectivity index (χ4v) is 5.14. The van der Waals surface area contributed by atoms with E-state index in [0.717, 1.165) is 45.6 Å². The van der Waals surface area contributed by atoms with Gasteiger partial charge in [-0.1, -0.05) is 26.8 Å². The number of aryl methyl sites for hydroxylation is 1. The fraction of sp³-hybridized carbons (Fsp3) is 0.400. The molecule has 3 aromatic rings. The molecule has 174 valence electrons. The number of nitrogens with one attached hydrogen (secondary N) is 1. The SMILES string of the molecule is CCOC(=O)c1sc2cnccc2c1Nc1ccc2c(c1)CC/C2=N/O[Si](C)(C)C(C)(C)C. The number of esters is 1. The van der Waals surface area contributed by atoms with Gasteiger partial charge in [0.05, 0.1) is 22.7 Å². The first-order valence-corrected chi connectivity index (χ1v) is 15.0. The van der Waals surface area contributed by atoms with E-state index < -0.39 is 8.32 Å². The van der Waals surface area contributed by atoms with Gasteiger partial charge in [-0.25, -0.2) is 4.79 Å². The van der Waals surface area contributed by atoms with E-state index >= 15 is 0 Å². The van der Waals surface area contributed by atoms with Crippen LogP contribution in [0.25, 0.3) is 10.1 Å². The lowest BCUT2D eigenvalue weighted by Gasteiger charge is -2.33. The summed E-state index contributed by atoms with van der Waals surface area (Å²) in [7, 11) is -1.95. The Labute approximate surface area is 200 Å². The van der Waals surface area contributed by atoms with Crippen LogP contribution in [0.15, 0.2) is 41.8 Å². The van der Waals surface area contributed by atoms with Crippen molar-refractivity contribution in [3.8, 4) is 0 Å². The molecular formula is C25H31N3O3SSi. The Morgan fingerprint density at radius 1 is 1.24 bits per heavy atom. The smallest absolute Gasteiger partial charge is 0.350 e. The van der Waals surface area contributed by atoms with Crippen LogP contribution in [0.3, 0.4) is 0 Å². The first-order chi connectivity index (χ1) is 15.6. The van der Waals surface area contributed by atoms with E-state index in [-0.39, 0.29) is 11.0 Å². The van der Waals surface area contributed by atoms with Crippen LogP contribution in [-0.4, -0.2) is 31.6 Å². The normalized spacial score (nSPS) is 15.0. The van der Waals surface area contributed by atoms with Gasteiger partial charge in [0.25, 0.3) is 8.32 Å². The minimum absolute atomic E-state index is 0.113. The lowest BCUT2D eigenvalue weighted by molar-refractivity contribution is 0.0533. The standard InChI is InChI=1S/C25H31N3O3SSi/c1-7-30-24(29)23-22(19-12-13-26-15-21(19)32-23)27-17-9-10-18-16(14-17)8-11-20(18)28-31-33(5,6)25(2,3)4/h9-10,12-15,27H,7-8,11H2,1-6H3/b28-20-. The molecule has 1 aliphatic carbocycles. The maximum atomic E-state index is 12.6. The Kier molecular flexibility index (Phi) is 6.33. The molecule has 0 amide bonds. The molecule has 0 fully saturated rings. The quantitative estimate of drug-likeness (QED) is 0.236. The molecule has 0 unspecified atom stereocenters. The molecule has 6 nitrogen and oxygen atoms in total. The average Bonchev–Trinajstić information content (AvgIpc) is 3.33. The predicted octanol–water partition coefficient (Wildman–Crippen LogP) is 6.89. The maximum Gasteiger partial charge on any atom is 0.350 e. The second-order valence-corrected chi connectivity index (χ2v) is 15.5. The van der Waals surface area contributed by atoms with Crippen LogP contribution >= 0.6 is 11.3 Å². The fourth-order valence-electron chi connectivity index (χ4n) is 3.51. The molecule has 0 spiro atoms. The molecule has 0 saturated carbocycles. The first-order valence-electron chi connectivity index (χ1n) is 11.3. The van der Waals surface area contributed by atoms with Crippen molar-refractivity contribution >= 4 is 52.8 Å². The molecule has 8 heteroatoms. The third kappa shape index (κ3) is 4.68. The largest absolute Gasteiger partial charge is 0.462 e. The molecular weight excluding hydrogens is 450 g/mol. The molecule has 4 rings (SSSR count). The third-order valence-corrected chi connectivity index (χ3v) is 11.7. The highest BCUT2D eigenvalue weighted by Gasteiger charge is 2.40. The molecule has 0 aliphatic heterocycles. The Balaban J connectivity index is 1.62. The topological polar surface area (TPSA) is 72.8 Å². The Hall–Kier alpha value is -2.71. The van der Waals surface area contributed by atoms with Crippen LogP contribution in [-0.2, 0) is 15.7 Å². The molecule has 33 heavy (non-hydrogen) atoms. The number of ether oxygens (including phenoxy) is 1. The number of nitrogens with zero attached hydrogens (tertiary/aromatic N) is 2. The molecule has 2 aromatic heterocycles. The third-order valence-electron chi connectivity index (χ3n) is 6.46. The zero-order chi connectivity index (χ0) is 23.8. The van der Waals surface area contributed by atoms with Crippen LogP contribution in [0.2, 0.25) is 18.1 Å². The van der Waals surface area contributed by atoms with Crippen LogP contribution in [0.5, 0.6) is 0 Å². The van der Waals surface area contributed by atoms with Crippen molar-refractivity contribution in [1.29, 1.82) is 0 Å². The maximum absolute atomic E-state index is 12.6. The number of thiophene rings is 1. The number of benzene rings is 1. The van der Waals surface area contributed by atoms with E-state index in [1.165, 1.54) is 16.9 Å². The zero-order valence-electron chi connectivity index (χ0n) is 20.1. The highest BCUT2D eigenvalue weighted by atomic mass is 32.1. The Bertz CT molecular complexity index is 1230. The molecule has 2 heterocycles. The van der Waals surface area contributed by atoms with Gasteiger partial charge in [0.2, 0.25) is 0 Å². The summed E-state index contributed by atoms with van der Waals surface area (Å²) in [6, 6.07) is 8.20. The molecule has 0 saturated heterocycles. The van der Waals surface area contributed by atoms with Crippen LogP contribution < -0.4 is 5.32 Å². The van der Waals surface area contributed by atoms with Crippen molar-refractivity contribution in [2.24, 2.45) is 5.16 Å². The number of carbonyl (C=O) groups excluding carboxylic acids is 1. The number of hydrogen-bond donors (Lipinski definition) is 1. The summed E-state index contributed by atoms with van der Waals surface area (Å²) in [5.41, 5.74) is 5.09. The summed E-state index contributed by atoms with van der Waals surface area (Å²) in [5, 5.41) is 9.15. The van der Waals surface area contributed by atoms with Gasteiger partial charge in [0, 0.05) is 29.0 Å². The summed E-state index contributed by atoms with van der Waals surface area (Å²) < 4.78 is 12.4. The Morgan fingerprint density at radius 2 is 2.03 bits per heavy atom. The van der Waals surface area contributed by atoms with Crippen molar-refractivity contribution in [1.82, 2.24) is 4.98 Å². The zero-order valence-corrected chi connectivity index (χ0v) is 21.9. The lowest BCUT2D eigenvalue weighted by Crippen LogP contribution is -2.39. The highest BCUT2D eigenvalue weighted by molar-refractivity contribution is 7.21. The molecule has 1 aliphatic rings. The van der Waals surface area contributed by atoms with E-state index in [1.807, 2.05) is 19.1 Å². The van der Waals surface area contributed by atoms with Crippen molar-refractivity contribution in [3.05, 3.63) is 52.7 Å². The number of fused-ring (bicyclic) bond motifs is 2. The van der Waals surface area contributed by atoms with E-state index in [2.05, 4.69) is 61.5 Å². The summed E-state index contributed by atoms with van der Waals surface area (Å²) in [6.07, 6.45) is 5.31. The van der Waals surface area contributed by atoms with Gasteiger partial charge >= 0.3 is 5.97 Å². The van der Waals surface area contributed by atoms with Gasteiger partial charge < -0.3 is 14.6 Å². The second-order valence-electron chi connectivity index (χ2n) is 9.78. The Morgan fingerprint density at radius 3 is 2.76 bits per heavy atom. The average molecular weight is 482 g/mol. The second kappa shape index (κ2) is 8.91. The van der Waals surface area contributed by atoms with Gasteiger partial charge in [-0.15, -0.1) is 16.5 Å². The summed E-state index contributed by atoms with van der Waals surface area (Å²) in [4.78, 5) is 17.3. The summed E-state index contributed by atoms with van der Waals surface area (Å²) in [6.45, 7) is 13.2. The first kappa shape index (κ1) is 23.4. The number of anilines is 2. The van der Waals surface area contributed by atoms with Gasteiger partial charge in [-0.2, -0.15) is 0 Å². The summed E-state index contributed by atoms with van der Waals surface area (Å²) >= 11 is 1.40. The predicted molar refractivity (Wildman–Crippen MR) is 138 cm³/mol. The summed E-state index contributed by atoms with van der Waals surface area (Å²) in [5.74, 6) is -0.320. The van der Waals surface area contributed by atoms with Crippen molar-refractivity contribution in [2.45, 2.75) is 58.7 Å². The number of aromatic nitrogens is 1. The number of pyridine rings is 1. The minimum Gasteiger partial charge on any atom is -0.462 e.